The quantitative estimate of drug-likeness (QED) is 0.191. The van der Waals surface area contributed by atoms with Crippen LogP contribution in [0.4, 0.5) is 0 Å². The predicted octanol–water partition coefficient (Wildman–Crippen LogP) is -5.30. The summed E-state index contributed by atoms with van der Waals surface area (Å²) in [6, 6.07) is 0. The molecule has 0 fully saturated rings. The summed E-state index contributed by atoms with van der Waals surface area (Å²) in [5, 5.41) is 22.3. The molecule has 0 aliphatic carbocycles. The maximum atomic E-state index is 11.9. The van der Waals surface area contributed by atoms with Gasteiger partial charge in [-0.25, -0.2) is 0 Å². The summed E-state index contributed by atoms with van der Waals surface area (Å²) in [7, 11) is -3.56. The molecule has 0 aromatic heterocycles. The third-order valence-corrected chi connectivity index (χ3v) is 3.26. The molecule has 0 saturated carbocycles. The molecule has 0 saturated heterocycles. The van der Waals surface area contributed by atoms with Crippen LogP contribution in [-0.2, 0) is 18.3 Å². The van der Waals surface area contributed by atoms with Gasteiger partial charge in [0.1, 0.15) is 0 Å². The van der Waals surface area contributed by atoms with Gasteiger partial charge in [-0.1, -0.05) is 12.7 Å². The summed E-state index contributed by atoms with van der Waals surface area (Å²) in [6.45, 7) is 5.31. The standard InChI is InChI=1S/C10H19O6P.2Li/c1-4-14-10(12)7-9(11)8-17(13,15-5-2)16-6-3;;/h7-8,11-12H,4-6H2,1-3H3;;/q;2*+1/p-2/b9-8-,10-7+;;. The molecule has 0 aliphatic rings. The van der Waals surface area contributed by atoms with Crippen LogP contribution in [0.15, 0.2) is 23.6 Å². The van der Waals surface area contributed by atoms with E-state index in [0.717, 1.165) is 5.82 Å². The Morgan fingerprint density at radius 3 is 1.89 bits per heavy atom. The van der Waals surface area contributed by atoms with Gasteiger partial charge in [-0.15, -0.1) is 0 Å². The third kappa shape index (κ3) is 11.7. The zero-order valence-electron chi connectivity index (χ0n) is 12.2. The second-order valence-corrected chi connectivity index (χ2v) is 4.66. The summed E-state index contributed by atoms with van der Waals surface area (Å²) < 4.78 is 26.1. The summed E-state index contributed by atoms with van der Waals surface area (Å²) in [5.74, 6) is -0.765. The van der Waals surface area contributed by atoms with E-state index in [-0.39, 0.29) is 57.5 Å². The predicted molar refractivity (Wildman–Crippen MR) is 58.7 cm³/mol. The van der Waals surface area contributed by atoms with Crippen LogP contribution in [0.3, 0.4) is 0 Å². The first-order chi connectivity index (χ1) is 7.97. The number of hydrogen-bond donors (Lipinski definition) is 0. The van der Waals surface area contributed by atoms with Gasteiger partial charge in [-0.05, 0) is 26.5 Å². The van der Waals surface area contributed by atoms with Gasteiger partial charge >= 0.3 is 45.3 Å². The van der Waals surface area contributed by atoms with E-state index in [2.05, 4.69) is 4.74 Å². The van der Waals surface area contributed by atoms with E-state index in [0.29, 0.717) is 6.08 Å². The van der Waals surface area contributed by atoms with Gasteiger partial charge in [0.05, 0.1) is 19.2 Å². The maximum Gasteiger partial charge on any atom is 1.00 e. The molecule has 0 radical (unpaired) electrons. The summed E-state index contributed by atoms with van der Waals surface area (Å²) in [6.07, 6.45) is 0.703. The topological polar surface area (TPSA) is 90.9 Å². The van der Waals surface area contributed by atoms with E-state index in [1.165, 1.54) is 0 Å². The molecule has 0 aromatic rings. The van der Waals surface area contributed by atoms with Gasteiger partial charge in [0, 0.05) is 5.82 Å². The van der Waals surface area contributed by atoms with Crippen molar-refractivity contribution in [2.75, 3.05) is 19.8 Å². The minimum Gasteiger partial charge on any atom is -0.872 e. The Labute approximate surface area is 138 Å². The Hall–Kier alpha value is 0.225. The van der Waals surface area contributed by atoms with Gasteiger partial charge in [0.2, 0.25) is 0 Å². The molecule has 0 unspecified atom stereocenters. The second-order valence-electron chi connectivity index (χ2n) is 2.80. The monoisotopic (exact) mass is 278 g/mol. The minimum absolute atomic E-state index is 0. The Balaban J connectivity index is -0.00000128. The summed E-state index contributed by atoms with van der Waals surface area (Å²) in [4.78, 5) is 0. The molecule has 0 amide bonds. The Kier molecular flexibility index (Phi) is 16.9. The molecule has 0 atom stereocenters. The van der Waals surface area contributed by atoms with Crippen molar-refractivity contribution in [3.63, 3.8) is 0 Å². The normalized spacial score (nSPS) is 12.4. The van der Waals surface area contributed by atoms with E-state index >= 15 is 0 Å². The average molecular weight is 278 g/mol. The molecule has 0 heterocycles. The van der Waals surface area contributed by atoms with Crippen LogP contribution in [0, 0.1) is 0 Å². The van der Waals surface area contributed by atoms with Crippen LogP contribution in [0.2, 0.25) is 0 Å². The largest absolute Gasteiger partial charge is 1.00 e. The summed E-state index contributed by atoms with van der Waals surface area (Å²) >= 11 is 0. The molecule has 9 heteroatoms. The minimum atomic E-state index is -3.56. The molecule has 0 aliphatic heterocycles. The fraction of sp³-hybridized carbons (Fsp3) is 0.600. The van der Waals surface area contributed by atoms with Crippen LogP contribution in [-0.4, -0.2) is 19.8 Å². The van der Waals surface area contributed by atoms with Gasteiger partial charge in [-0.3, -0.25) is 4.57 Å². The van der Waals surface area contributed by atoms with Crippen LogP contribution in [0.25, 0.3) is 0 Å². The number of ether oxygens (including phenoxy) is 1. The number of rotatable bonds is 8. The van der Waals surface area contributed by atoms with E-state index in [4.69, 9.17) is 9.05 Å². The second kappa shape index (κ2) is 13.2. The third-order valence-electron chi connectivity index (χ3n) is 1.45. The van der Waals surface area contributed by atoms with Crippen molar-refractivity contribution in [2.45, 2.75) is 20.8 Å². The average Bonchev–Trinajstić information content (AvgIpc) is 2.17. The number of hydrogen-bond acceptors (Lipinski definition) is 6. The van der Waals surface area contributed by atoms with Crippen molar-refractivity contribution in [2.24, 2.45) is 0 Å². The van der Waals surface area contributed by atoms with Gasteiger partial charge < -0.3 is 24.0 Å². The molecule has 0 spiro atoms. The van der Waals surface area contributed by atoms with Crippen LogP contribution >= 0.6 is 7.60 Å². The van der Waals surface area contributed by atoms with Crippen molar-refractivity contribution in [3.05, 3.63) is 23.6 Å². The van der Waals surface area contributed by atoms with Crippen molar-refractivity contribution in [1.82, 2.24) is 0 Å². The SMILES string of the molecule is CCO/C([O-])=C/C([O-])=C/P(=O)(OCC)OCC.[Li+].[Li+]. The molecule has 0 rings (SSSR count). The van der Waals surface area contributed by atoms with Crippen molar-refractivity contribution >= 4 is 7.60 Å². The molecule has 0 aromatic carbocycles. The van der Waals surface area contributed by atoms with Crippen molar-refractivity contribution in [3.8, 4) is 0 Å². The fourth-order valence-corrected chi connectivity index (χ4v) is 2.29. The van der Waals surface area contributed by atoms with Gasteiger partial charge in [0.15, 0.2) is 0 Å². The van der Waals surface area contributed by atoms with Crippen LogP contribution in [0.1, 0.15) is 20.8 Å². The molecule has 19 heavy (non-hydrogen) atoms. The zero-order chi connectivity index (χ0) is 13.3. The van der Waals surface area contributed by atoms with E-state index in [1.54, 1.807) is 20.8 Å². The van der Waals surface area contributed by atoms with Crippen molar-refractivity contribution < 1.29 is 66.3 Å². The van der Waals surface area contributed by atoms with Gasteiger partial charge in [0.25, 0.3) is 0 Å². The van der Waals surface area contributed by atoms with E-state index in [1.807, 2.05) is 0 Å². The molecular formula is C10H17Li2O6P. The first-order valence-electron chi connectivity index (χ1n) is 5.27. The van der Waals surface area contributed by atoms with Crippen LogP contribution < -0.4 is 47.9 Å². The molecule has 0 N–H and O–H groups in total. The Morgan fingerprint density at radius 2 is 1.53 bits per heavy atom. The number of allylic oxidation sites excluding steroid dienone is 1. The Morgan fingerprint density at radius 1 is 1.05 bits per heavy atom. The first-order valence-corrected chi connectivity index (χ1v) is 6.88. The molecule has 6 nitrogen and oxygen atoms in total. The van der Waals surface area contributed by atoms with Crippen LogP contribution in [0.5, 0.6) is 0 Å². The van der Waals surface area contributed by atoms with Crippen molar-refractivity contribution in [1.29, 1.82) is 0 Å². The maximum absolute atomic E-state index is 11.9. The van der Waals surface area contributed by atoms with Gasteiger partial charge in [-0.2, -0.15) is 0 Å². The molecular weight excluding hydrogens is 261 g/mol. The Bertz CT molecular complexity index is 322. The zero-order valence-corrected chi connectivity index (χ0v) is 13.1. The first kappa shape index (κ1) is 24.3. The fourth-order valence-electron chi connectivity index (χ4n) is 0.965. The molecule has 100 valence electrons. The molecule has 0 bridgehead atoms. The van der Waals surface area contributed by atoms with E-state index < -0.39 is 19.3 Å². The summed E-state index contributed by atoms with van der Waals surface area (Å²) in [5.41, 5.74) is 0. The van der Waals surface area contributed by atoms with E-state index in [9.17, 15) is 14.8 Å². The smallest absolute Gasteiger partial charge is 0.872 e.